The van der Waals surface area contributed by atoms with Crippen LogP contribution in [0.15, 0.2) is 24.5 Å². The fourth-order valence-corrected chi connectivity index (χ4v) is 11.1. The Morgan fingerprint density at radius 3 is 2.10 bits per heavy atom. The summed E-state index contributed by atoms with van der Waals surface area (Å²) in [4.78, 5) is 0. The first-order valence-corrected chi connectivity index (χ1v) is 16.8. The normalized spacial score (nSPS) is 43.5. The lowest BCUT2D eigenvalue weighted by Crippen LogP contribution is -2.66. The molecule has 232 valence electrons. The highest BCUT2D eigenvalue weighted by Crippen LogP contribution is 2.75. The third kappa shape index (κ3) is 4.89. The van der Waals surface area contributed by atoms with Gasteiger partial charge in [-0.1, -0.05) is 61.0 Å². The Bertz CT molecular complexity index is 1090. The minimum absolute atomic E-state index is 0.000258. The maximum absolute atomic E-state index is 13.1. The first kappa shape index (κ1) is 33.5. The molecule has 0 aromatic rings. The third-order valence-electron chi connectivity index (χ3n) is 12.4. The lowest BCUT2D eigenvalue weighted by atomic mass is 9.33. The van der Waals surface area contributed by atoms with Crippen molar-refractivity contribution in [3.05, 3.63) is 24.5 Å². The van der Waals surface area contributed by atoms with Gasteiger partial charge in [-0.2, -0.15) is 21.6 Å². The fraction of sp³-hybridized carbons (Fsp3) is 0.875. The van der Waals surface area contributed by atoms with Crippen molar-refractivity contribution < 1.29 is 25.8 Å². The van der Waals surface area contributed by atoms with E-state index in [1.165, 1.54) is 19.3 Å². The van der Waals surface area contributed by atoms with Crippen molar-refractivity contribution in [3.63, 3.8) is 0 Å². The third-order valence-corrected chi connectivity index (χ3v) is 13.4. The summed E-state index contributed by atoms with van der Waals surface area (Å²) in [6.45, 7) is 20.3. The number of hydrogen-bond donors (Lipinski definition) is 1. The molecule has 5 aliphatic rings. The monoisotopic (exact) mass is 589 g/mol. The Balaban J connectivity index is 0.000000827. The van der Waals surface area contributed by atoms with Crippen LogP contribution in [0.1, 0.15) is 120 Å². The minimum Gasteiger partial charge on any atom is -0.380 e. The van der Waals surface area contributed by atoms with Gasteiger partial charge in [-0.25, -0.2) is 0 Å². The van der Waals surface area contributed by atoms with Gasteiger partial charge in [0.15, 0.2) is 0 Å². The van der Waals surface area contributed by atoms with Crippen LogP contribution in [0.3, 0.4) is 0 Å². The van der Waals surface area contributed by atoms with Crippen molar-refractivity contribution in [2.75, 3.05) is 0 Å². The highest BCUT2D eigenvalue weighted by atomic mass is 32.2. The second-order valence-electron chi connectivity index (χ2n) is 14.3. The van der Waals surface area contributed by atoms with E-state index in [0.29, 0.717) is 24.2 Å². The molecule has 5 rings (SSSR count). The quantitative estimate of drug-likeness (QED) is 0.198. The van der Waals surface area contributed by atoms with Crippen LogP contribution in [-0.2, 0) is 14.3 Å². The van der Waals surface area contributed by atoms with Gasteiger partial charge in [-0.15, -0.1) is 6.58 Å². The molecule has 0 aromatic heterocycles. The van der Waals surface area contributed by atoms with Gasteiger partial charge < -0.3 is 9.92 Å². The standard InChI is InChI=1S/C27H42F3NO3S.C3H6.C2H6/c1-22(2)19-10-14-25(5)20(23(19,3)13-11-21(22)34-35(32,33)27(28,29)30)9-8-17-18-7-6-12-26(18,31)16-15-24(17,25)4;1-3-2;1-2/h11,17-20H,6-10,12-16,31H2,1-5H3;3H,1H2,2H3;1-2H3/t17?,18-,19?,20?,23?,24-,25?,26?;;/m1../s1. The maximum atomic E-state index is 13.1. The molecule has 0 aromatic carbocycles. The average Bonchev–Trinajstić information content (AvgIpc) is 3.24. The first-order chi connectivity index (χ1) is 18.3. The summed E-state index contributed by atoms with van der Waals surface area (Å²) in [7, 11) is -5.68. The van der Waals surface area contributed by atoms with E-state index in [9.17, 15) is 21.6 Å². The van der Waals surface area contributed by atoms with E-state index in [1.54, 1.807) is 12.2 Å². The van der Waals surface area contributed by atoms with Gasteiger partial charge in [-0.3, -0.25) is 0 Å². The van der Waals surface area contributed by atoms with Gasteiger partial charge in [-0.05, 0) is 111 Å². The second-order valence-corrected chi connectivity index (χ2v) is 15.8. The molecule has 0 bridgehead atoms. The van der Waals surface area contributed by atoms with Crippen LogP contribution in [0, 0.1) is 45.3 Å². The topological polar surface area (TPSA) is 69.4 Å². The number of hydrogen-bond acceptors (Lipinski definition) is 4. The van der Waals surface area contributed by atoms with Crippen LogP contribution in [0.25, 0.3) is 0 Å². The van der Waals surface area contributed by atoms with Crippen molar-refractivity contribution in [3.8, 4) is 0 Å². The average molecular weight is 590 g/mol. The number of allylic oxidation sites excluding steroid dienone is 3. The van der Waals surface area contributed by atoms with Gasteiger partial charge >= 0.3 is 15.6 Å². The number of fused-ring (bicyclic) bond motifs is 7. The molecule has 5 aliphatic carbocycles. The van der Waals surface area contributed by atoms with Gasteiger partial charge in [0.25, 0.3) is 0 Å². The second kappa shape index (κ2) is 10.9. The van der Waals surface area contributed by atoms with E-state index >= 15 is 0 Å². The molecule has 0 aliphatic heterocycles. The number of rotatable bonds is 2. The van der Waals surface area contributed by atoms with Gasteiger partial charge in [0, 0.05) is 11.0 Å². The summed E-state index contributed by atoms with van der Waals surface area (Å²) in [6, 6.07) is 0. The van der Waals surface area contributed by atoms with Crippen molar-refractivity contribution in [1.82, 2.24) is 0 Å². The SMILES string of the molecule is C=CC.CC.CC1(C)C(OS(=O)(=O)C(F)(F)F)=CCC2(C)C1CCC1(C)C2CCC2[C@H]3CCCC3(N)CC[C@]21C. The smallest absolute Gasteiger partial charge is 0.380 e. The van der Waals surface area contributed by atoms with Crippen molar-refractivity contribution in [2.45, 2.75) is 131 Å². The van der Waals surface area contributed by atoms with E-state index in [1.807, 2.05) is 34.6 Å². The van der Waals surface area contributed by atoms with Crippen molar-refractivity contribution >= 4 is 10.1 Å². The van der Waals surface area contributed by atoms with Gasteiger partial charge in [0.1, 0.15) is 5.76 Å². The van der Waals surface area contributed by atoms with Crippen LogP contribution in [0.5, 0.6) is 0 Å². The molecule has 0 saturated heterocycles. The molecule has 0 heterocycles. The van der Waals surface area contributed by atoms with E-state index in [0.717, 1.165) is 38.5 Å². The molecule has 4 fully saturated rings. The zero-order valence-electron chi connectivity index (χ0n) is 26.1. The lowest BCUT2D eigenvalue weighted by molar-refractivity contribution is -0.218. The molecule has 4 saturated carbocycles. The maximum Gasteiger partial charge on any atom is 0.534 e. The molecular weight excluding hydrogens is 535 g/mol. The predicted molar refractivity (Wildman–Crippen MR) is 157 cm³/mol. The Morgan fingerprint density at radius 1 is 0.925 bits per heavy atom. The minimum atomic E-state index is -5.68. The van der Waals surface area contributed by atoms with Crippen LogP contribution in [0.4, 0.5) is 13.2 Å². The summed E-state index contributed by atoms with van der Waals surface area (Å²) in [5, 5.41) is 0. The summed E-state index contributed by atoms with van der Waals surface area (Å²) in [5.74, 6) is 1.67. The summed E-state index contributed by atoms with van der Waals surface area (Å²) in [5.41, 5.74) is 0.942. The van der Waals surface area contributed by atoms with Crippen molar-refractivity contribution in [2.24, 2.45) is 51.1 Å². The molecule has 8 heteroatoms. The number of nitrogens with two attached hydrogens (primary N) is 1. The van der Waals surface area contributed by atoms with Crippen LogP contribution in [-0.4, -0.2) is 19.5 Å². The highest BCUT2D eigenvalue weighted by Gasteiger charge is 2.69. The molecule has 40 heavy (non-hydrogen) atoms. The van der Waals surface area contributed by atoms with E-state index in [-0.39, 0.29) is 33.5 Å². The molecular formula is C32H54F3NO3S. The molecule has 0 amide bonds. The predicted octanol–water partition coefficient (Wildman–Crippen LogP) is 9.13. The molecule has 4 nitrogen and oxygen atoms in total. The van der Waals surface area contributed by atoms with E-state index in [4.69, 9.17) is 9.92 Å². The Labute approximate surface area is 241 Å². The Morgan fingerprint density at radius 2 is 1.52 bits per heavy atom. The van der Waals surface area contributed by atoms with Gasteiger partial charge in [0.2, 0.25) is 0 Å². The number of alkyl halides is 3. The summed E-state index contributed by atoms with van der Waals surface area (Å²) >= 11 is 0. The summed E-state index contributed by atoms with van der Waals surface area (Å²) in [6.07, 6.45) is 14.0. The lowest BCUT2D eigenvalue weighted by Gasteiger charge is -2.71. The van der Waals surface area contributed by atoms with E-state index in [2.05, 4.69) is 27.4 Å². The first-order valence-electron chi connectivity index (χ1n) is 15.4. The molecule has 0 radical (unpaired) electrons. The Kier molecular flexibility index (Phi) is 9.14. The van der Waals surface area contributed by atoms with Crippen LogP contribution in [0.2, 0.25) is 0 Å². The zero-order valence-corrected chi connectivity index (χ0v) is 26.9. The molecule has 0 spiro atoms. The largest absolute Gasteiger partial charge is 0.534 e. The van der Waals surface area contributed by atoms with E-state index < -0.39 is 21.0 Å². The highest BCUT2D eigenvalue weighted by molar-refractivity contribution is 7.87. The summed E-state index contributed by atoms with van der Waals surface area (Å²) < 4.78 is 67.7. The Hall–Kier alpha value is -1.02. The molecule has 8 atom stereocenters. The zero-order chi connectivity index (χ0) is 30.6. The molecule has 6 unspecified atom stereocenters. The van der Waals surface area contributed by atoms with Gasteiger partial charge in [0.05, 0.1) is 0 Å². The molecule has 2 N–H and O–H groups in total. The van der Waals surface area contributed by atoms with Crippen molar-refractivity contribution in [1.29, 1.82) is 0 Å². The van der Waals surface area contributed by atoms with Crippen LogP contribution < -0.4 is 5.73 Å². The number of halogens is 3. The fourth-order valence-electron chi connectivity index (χ4n) is 10.5. The van der Waals surface area contributed by atoms with Crippen LogP contribution >= 0.6 is 0 Å².